The highest BCUT2D eigenvalue weighted by atomic mass is 32.1. The fourth-order valence-electron chi connectivity index (χ4n) is 2.94. The van der Waals surface area contributed by atoms with E-state index < -0.39 is 0 Å². The van der Waals surface area contributed by atoms with Crippen LogP contribution in [0.1, 0.15) is 60.0 Å². The standard InChI is InChI=1S/C14H21N5S/c1-9-10(2)20-14(16-9)19-13(12(8-15)17-18-19)11-6-4-3-5-7-11/h11H,3-8,15H2,1-2H3. The number of nitrogens with zero attached hydrogens (tertiary/aromatic N) is 4. The molecule has 20 heavy (non-hydrogen) atoms. The Morgan fingerprint density at radius 2 is 2.00 bits per heavy atom. The predicted molar refractivity (Wildman–Crippen MR) is 80.2 cm³/mol. The third kappa shape index (κ3) is 2.38. The lowest BCUT2D eigenvalue weighted by molar-refractivity contribution is 0.427. The molecule has 108 valence electrons. The Hall–Kier alpha value is -1.27. The van der Waals surface area contributed by atoms with E-state index in [9.17, 15) is 0 Å². The zero-order chi connectivity index (χ0) is 14.1. The van der Waals surface area contributed by atoms with Gasteiger partial charge in [-0.2, -0.15) is 4.68 Å². The first-order chi connectivity index (χ1) is 9.70. The molecule has 2 aromatic rings. The van der Waals surface area contributed by atoms with Crippen LogP contribution in [-0.4, -0.2) is 20.0 Å². The molecule has 0 radical (unpaired) electrons. The lowest BCUT2D eigenvalue weighted by atomic mass is 9.86. The molecule has 0 amide bonds. The van der Waals surface area contributed by atoms with E-state index in [4.69, 9.17) is 5.73 Å². The molecule has 3 rings (SSSR count). The Labute approximate surface area is 123 Å². The molecule has 1 saturated carbocycles. The van der Waals surface area contributed by atoms with Gasteiger partial charge in [-0.25, -0.2) is 4.98 Å². The average molecular weight is 291 g/mol. The minimum absolute atomic E-state index is 0.454. The summed E-state index contributed by atoms with van der Waals surface area (Å²) in [5, 5.41) is 9.53. The Morgan fingerprint density at radius 3 is 2.60 bits per heavy atom. The van der Waals surface area contributed by atoms with Crippen LogP contribution >= 0.6 is 11.3 Å². The van der Waals surface area contributed by atoms with Crippen molar-refractivity contribution in [1.82, 2.24) is 20.0 Å². The highest BCUT2D eigenvalue weighted by Crippen LogP contribution is 2.35. The zero-order valence-corrected chi connectivity index (χ0v) is 12.9. The summed E-state index contributed by atoms with van der Waals surface area (Å²) in [5.41, 5.74) is 9.05. The molecule has 2 N–H and O–H groups in total. The molecule has 2 heterocycles. The number of aryl methyl sites for hydroxylation is 2. The molecule has 5 nitrogen and oxygen atoms in total. The molecule has 1 fully saturated rings. The third-order valence-electron chi connectivity index (χ3n) is 4.16. The fraction of sp³-hybridized carbons (Fsp3) is 0.643. The molecule has 0 atom stereocenters. The van der Waals surface area contributed by atoms with Gasteiger partial charge in [0.2, 0.25) is 5.13 Å². The van der Waals surface area contributed by atoms with Gasteiger partial charge in [0.25, 0.3) is 0 Å². The monoisotopic (exact) mass is 291 g/mol. The second-order valence-electron chi connectivity index (χ2n) is 5.51. The Morgan fingerprint density at radius 1 is 1.25 bits per heavy atom. The molecule has 6 heteroatoms. The molecule has 0 aliphatic heterocycles. The molecule has 0 spiro atoms. The van der Waals surface area contributed by atoms with E-state index in [0.717, 1.165) is 16.5 Å². The van der Waals surface area contributed by atoms with E-state index in [-0.39, 0.29) is 0 Å². The molecule has 0 unspecified atom stereocenters. The quantitative estimate of drug-likeness (QED) is 0.944. The summed E-state index contributed by atoms with van der Waals surface area (Å²) in [4.78, 5) is 5.86. The predicted octanol–water partition coefficient (Wildman–Crippen LogP) is 2.85. The maximum atomic E-state index is 5.85. The van der Waals surface area contributed by atoms with Gasteiger partial charge in [0, 0.05) is 17.3 Å². The minimum Gasteiger partial charge on any atom is -0.325 e. The fourth-order valence-corrected chi connectivity index (χ4v) is 3.81. The molecule has 0 aromatic carbocycles. The van der Waals surface area contributed by atoms with Crippen molar-refractivity contribution in [2.45, 2.75) is 58.4 Å². The highest BCUT2D eigenvalue weighted by Gasteiger charge is 2.25. The summed E-state index contributed by atoms with van der Waals surface area (Å²) in [6.45, 7) is 4.59. The van der Waals surface area contributed by atoms with E-state index in [1.807, 2.05) is 11.6 Å². The van der Waals surface area contributed by atoms with Crippen molar-refractivity contribution >= 4 is 11.3 Å². The maximum absolute atomic E-state index is 5.85. The summed E-state index contributed by atoms with van der Waals surface area (Å²) in [7, 11) is 0. The van der Waals surface area contributed by atoms with Crippen molar-refractivity contribution < 1.29 is 0 Å². The van der Waals surface area contributed by atoms with Gasteiger partial charge in [-0.05, 0) is 26.7 Å². The first-order valence-electron chi connectivity index (χ1n) is 7.29. The van der Waals surface area contributed by atoms with Gasteiger partial charge >= 0.3 is 0 Å². The van der Waals surface area contributed by atoms with E-state index in [1.165, 1.54) is 42.7 Å². The van der Waals surface area contributed by atoms with Crippen LogP contribution in [0.3, 0.4) is 0 Å². The first kappa shape index (κ1) is 13.7. The first-order valence-corrected chi connectivity index (χ1v) is 8.11. The highest BCUT2D eigenvalue weighted by molar-refractivity contribution is 7.14. The number of nitrogens with two attached hydrogens (primary N) is 1. The number of hydrogen-bond donors (Lipinski definition) is 1. The van der Waals surface area contributed by atoms with Crippen molar-refractivity contribution in [3.8, 4) is 5.13 Å². The largest absolute Gasteiger partial charge is 0.325 e. The normalized spacial score (nSPS) is 16.8. The molecule has 0 saturated heterocycles. The van der Waals surface area contributed by atoms with E-state index in [1.54, 1.807) is 11.3 Å². The molecular formula is C14H21N5S. The van der Waals surface area contributed by atoms with Crippen molar-refractivity contribution in [1.29, 1.82) is 0 Å². The smallest absolute Gasteiger partial charge is 0.212 e. The van der Waals surface area contributed by atoms with Gasteiger partial charge in [0.05, 0.1) is 11.4 Å². The second-order valence-corrected chi connectivity index (χ2v) is 6.69. The SMILES string of the molecule is Cc1nc(-n2nnc(CN)c2C2CCCCC2)sc1C. The number of rotatable bonds is 3. The molecule has 2 aromatic heterocycles. The van der Waals surface area contributed by atoms with E-state index >= 15 is 0 Å². The summed E-state index contributed by atoms with van der Waals surface area (Å²) >= 11 is 1.68. The van der Waals surface area contributed by atoms with Gasteiger partial charge in [0.15, 0.2) is 0 Å². The Bertz CT molecular complexity index is 575. The van der Waals surface area contributed by atoms with Gasteiger partial charge < -0.3 is 5.73 Å². The van der Waals surface area contributed by atoms with Crippen molar-refractivity contribution in [3.05, 3.63) is 22.0 Å². The number of aromatic nitrogens is 4. The van der Waals surface area contributed by atoms with E-state index in [2.05, 4.69) is 22.2 Å². The van der Waals surface area contributed by atoms with Crippen LogP contribution in [0, 0.1) is 13.8 Å². The van der Waals surface area contributed by atoms with Crippen molar-refractivity contribution in [2.75, 3.05) is 0 Å². The number of hydrogen-bond acceptors (Lipinski definition) is 5. The summed E-state index contributed by atoms with van der Waals surface area (Å²) in [5.74, 6) is 0.529. The Kier molecular flexibility index (Phi) is 3.85. The van der Waals surface area contributed by atoms with Crippen LogP contribution < -0.4 is 5.73 Å². The minimum atomic E-state index is 0.454. The lowest BCUT2D eigenvalue weighted by Crippen LogP contribution is -2.14. The second kappa shape index (κ2) is 5.61. The van der Waals surface area contributed by atoms with Crippen molar-refractivity contribution in [3.63, 3.8) is 0 Å². The van der Waals surface area contributed by atoms with Crippen LogP contribution in [0.25, 0.3) is 5.13 Å². The Balaban J connectivity index is 2.04. The van der Waals surface area contributed by atoms with Gasteiger partial charge in [0.1, 0.15) is 5.69 Å². The molecule has 1 aliphatic carbocycles. The average Bonchev–Trinajstić information content (AvgIpc) is 3.04. The summed E-state index contributed by atoms with van der Waals surface area (Å²) in [6, 6.07) is 0. The topological polar surface area (TPSA) is 69.6 Å². The summed E-state index contributed by atoms with van der Waals surface area (Å²) in [6.07, 6.45) is 6.34. The van der Waals surface area contributed by atoms with Gasteiger partial charge in [-0.15, -0.1) is 5.10 Å². The van der Waals surface area contributed by atoms with Crippen LogP contribution in [0.4, 0.5) is 0 Å². The third-order valence-corrected chi connectivity index (χ3v) is 5.21. The molecular weight excluding hydrogens is 270 g/mol. The molecule has 1 aliphatic rings. The summed E-state index contributed by atoms with van der Waals surface area (Å²) < 4.78 is 1.93. The van der Waals surface area contributed by atoms with Crippen molar-refractivity contribution in [2.24, 2.45) is 5.73 Å². The maximum Gasteiger partial charge on any atom is 0.212 e. The van der Waals surface area contributed by atoms with Gasteiger partial charge in [-0.1, -0.05) is 35.8 Å². The lowest BCUT2D eigenvalue weighted by Gasteiger charge is -2.22. The van der Waals surface area contributed by atoms with Gasteiger partial charge in [-0.3, -0.25) is 0 Å². The van der Waals surface area contributed by atoms with Crippen LogP contribution in [0.15, 0.2) is 0 Å². The zero-order valence-electron chi connectivity index (χ0n) is 12.1. The molecule has 0 bridgehead atoms. The van der Waals surface area contributed by atoms with Crippen LogP contribution in [0.5, 0.6) is 0 Å². The van der Waals surface area contributed by atoms with Crippen LogP contribution in [-0.2, 0) is 6.54 Å². The van der Waals surface area contributed by atoms with Crippen LogP contribution in [0.2, 0.25) is 0 Å². The number of thiazole rings is 1. The van der Waals surface area contributed by atoms with E-state index in [0.29, 0.717) is 12.5 Å².